The highest BCUT2D eigenvalue weighted by Gasteiger charge is 2.16. The lowest BCUT2D eigenvalue weighted by Gasteiger charge is -2.09. The average Bonchev–Trinajstić information content (AvgIpc) is 3.10. The molecule has 0 aliphatic rings. The molecule has 0 spiro atoms. The summed E-state index contributed by atoms with van der Waals surface area (Å²) in [5.41, 5.74) is 1.46. The number of halogens is 1. The van der Waals surface area contributed by atoms with Crippen molar-refractivity contribution in [1.82, 2.24) is 9.78 Å². The largest absolute Gasteiger partial charge is 0.309 e. The Labute approximate surface area is 161 Å². The van der Waals surface area contributed by atoms with Crippen molar-refractivity contribution in [3.8, 4) is 11.8 Å². The van der Waals surface area contributed by atoms with E-state index in [1.54, 1.807) is 24.3 Å². The second kappa shape index (κ2) is 8.30. The smallest absolute Gasteiger partial charge is 0.226 e. The number of Topliss-reactive ketones (excluding diaryl/α,β-unsaturated/α-hetero) is 1. The van der Waals surface area contributed by atoms with Gasteiger partial charge in [-0.15, -0.1) is 0 Å². The molecule has 0 bridgehead atoms. The first-order chi connectivity index (χ1) is 13.1. The van der Waals surface area contributed by atoms with Crippen LogP contribution in [0.1, 0.15) is 28.8 Å². The van der Waals surface area contributed by atoms with Crippen LogP contribution in [0.15, 0.2) is 60.8 Å². The Morgan fingerprint density at radius 1 is 1.07 bits per heavy atom. The highest BCUT2D eigenvalue weighted by atomic mass is 35.5. The molecule has 1 amide bonds. The lowest BCUT2D eigenvalue weighted by molar-refractivity contribution is -0.116. The third-order valence-corrected chi connectivity index (χ3v) is 4.15. The molecule has 0 atom stereocenters. The summed E-state index contributed by atoms with van der Waals surface area (Å²) in [4.78, 5) is 24.5. The van der Waals surface area contributed by atoms with Gasteiger partial charge in [-0.25, -0.2) is 4.68 Å². The first kappa shape index (κ1) is 18.4. The Morgan fingerprint density at radius 3 is 2.44 bits per heavy atom. The van der Waals surface area contributed by atoms with Crippen molar-refractivity contribution in [2.24, 2.45) is 0 Å². The molecule has 6 nitrogen and oxygen atoms in total. The van der Waals surface area contributed by atoms with Crippen LogP contribution in [0.5, 0.6) is 0 Å². The number of carbonyl (C=O) groups excluding carboxylic acids is 2. The number of ketones is 1. The summed E-state index contributed by atoms with van der Waals surface area (Å²) in [6, 6.07) is 17.7. The topological polar surface area (TPSA) is 87.8 Å². The number of nitrogens with zero attached hydrogens (tertiary/aromatic N) is 3. The molecule has 0 aliphatic heterocycles. The maximum Gasteiger partial charge on any atom is 0.226 e. The number of anilines is 1. The zero-order valence-corrected chi connectivity index (χ0v) is 15.0. The van der Waals surface area contributed by atoms with Gasteiger partial charge in [-0.05, 0) is 36.4 Å². The molecular weight excluding hydrogens is 364 g/mol. The van der Waals surface area contributed by atoms with Crippen LogP contribution in [0.25, 0.3) is 5.69 Å². The maximum absolute atomic E-state index is 12.3. The molecule has 27 heavy (non-hydrogen) atoms. The number of nitriles is 1. The molecule has 2 aromatic carbocycles. The lowest BCUT2D eigenvalue weighted by atomic mass is 10.1. The number of benzene rings is 2. The van der Waals surface area contributed by atoms with Crippen LogP contribution in [0.3, 0.4) is 0 Å². The summed E-state index contributed by atoms with van der Waals surface area (Å²) in [5, 5.41) is 16.7. The van der Waals surface area contributed by atoms with Gasteiger partial charge in [-0.3, -0.25) is 9.59 Å². The van der Waals surface area contributed by atoms with Gasteiger partial charge >= 0.3 is 0 Å². The molecule has 3 aromatic rings. The Bertz CT molecular complexity index is 1000. The van der Waals surface area contributed by atoms with Crippen LogP contribution in [-0.4, -0.2) is 21.5 Å². The van der Waals surface area contributed by atoms with Gasteiger partial charge in [0.15, 0.2) is 11.6 Å². The molecule has 134 valence electrons. The van der Waals surface area contributed by atoms with E-state index in [0.717, 1.165) is 0 Å². The van der Waals surface area contributed by atoms with Gasteiger partial charge in [0, 0.05) is 23.4 Å². The van der Waals surface area contributed by atoms with E-state index in [4.69, 9.17) is 11.6 Å². The molecule has 0 radical (unpaired) electrons. The number of hydrogen-bond acceptors (Lipinski definition) is 4. The van der Waals surface area contributed by atoms with Crippen LogP contribution < -0.4 is 5.32 Å². The van der Waals surface area contributed by atoms with Crippen LogP contribution >= 0.6 is 11.6 Å². The predicted octanol–water partition coefficient (Wildman–Crippen LogP) is 4.00. The van der Waals surface area contributed by atoms with Gasteiger partial charge in [-0.2, -0.15) is 10.4 Å². The van der Waals surface area contributed by atoms with E-state index in [2.05, 4.69) is 10.4 Å². The van der Waals surface area contributed by atoms with Crippen molar-refractivity contribution in [1.29, 1.82) is 5.26 Å². The number of nitrogens with one attached hydrogen (secondary N) is 1. The number of rotatable bonds is 6. The summed E-state index contributed by atoms with van der Waals surface area (Å²) < 4.78 is 1.48. The standard InChI is InChI=1S/C20H15ClN4O2/c21-16-8-6-14(7-9-16)18(26)10-11-19(27)24-20-15(12-22)13-23-25(20)17-4-2-1-3-5-17/h1-9,13H,10-11H2,(H,24,27). The molecule has 1 aromatic heterocycles. The van der Waals surface area contributed by atoms with Crippen LogP contribution in [-0.2, 0) is 4.79 Å². The van der Waals surface area contributed by atoms with Gasteiger partial charge in [-0.1, -0.05) is 29.8 Å². The summed E-state index contributed by atoms with van der Waals surface area (Å²) in [6.45, 7) is 0. The van der Waals surface area contributed by atoms with Crippen molar-refractivity contribution in [3.63, 3.8) is 0 Å². The molecule has 0 unspecified atom stereocenters. The Balaban J connectivity index is 1.69. The quantitative estimate of drug-likeness (QED) is 0.656. The SMILES string of the molecule is N#Cc1cnn(-c2ccccc2)c1NC(=O)CCC(=O)c1ccc(Cl)cc1. The molecule has 7 heteroatoms. The molecule has 0 fully saturated rings. The minimum Gasteiger partial charge on any atom is -0.309 e. The fourth-order valence-corrected chi connectivity index (χ4v) is 2.64. The van der Waals surface area contributed by atoms with Crippen LogP contribution in [0.2, 0.25) is 5.02 Å². The minimum absolute atomic E-state index is 0.00764. The van der Waals surface area contributed by atoms with Gasteiger partial charge in [0.25, 0.3) is 0 Å². The number of hydrogen-bond donors (Lipinski definition) is 1. The van der Waals surface area contributed by atoms with Crippen LogP contribution in [0, 0.1) is 11.3 Å². The lowest BCUT2D eigenvalue weighted by Crippen LogP contribution is -2.17. The molecule has 0 saturated carbocycles. The fourth-order valence-electron chi connectivity index (χ4n) is 2.52. The fraction of sp³-hybridized carbons (Fsp3) is 0.100. The summed E-state index contributed by atoms with van der Waals surface area (Å²) in [7, 11) is 0. The van der Waals surface area contributed by atoms with E-state index in [0.29, 0.717) is 16.3 Å². The molecule has 3 rings (SSSR count). The average molecular weight is 379 g/mol. The number of aromatic nitrogens is 2. The van der Waals surface area contributed by atoms with E-state index >= 15 is 0 Å². The van der Waals surface area contributed by atoms with E-state index < -0.39 is 0 Å². The van der Waals surface area contributed by atoms with Gasteiger partial charge in [0.1, 0.15) is 11.6 Å². The number of carbonyl (C=O) groups is 2. The second-order valence-electron chi connectivity index (χ2n) is 5.74. The van der Waals surface area contributed by atoms with E-state index in [1.807, 2.05) is 36.4 Å². The summed E-state index contributed by atoms with van der Waals surface area (Å²) >= 11 is 5.81. The van der Waals surface area contributed by atoms with E-state index in [1.165, 1.54) is 10.9 Å². The van der Waals surface area contributed by atoms with Gasteiger partial charge in [0.2, 0.25) is 5.91 Å². The normalized spacial score (nSPS) is 10.2. The van der Waals surface area contributed by atoms with Crippen molar-refractivity contribution in [2.45, 2.75) is 12.8 Å². The molecular formula is C20H15ClN4O2. The maximum atomic E-state index is 12.3. The predicted molar refractivity (Wildman–Crippen MR) is 102 cm³/mol. The summed E-state index contributed by atoms with van der Waals surface area (Å²) in [6.07, 6.45) is 1.43. The van der Waals surface area contributed by atoms with E-state index in [-0.39, 0.29) is 35.9 Å². The third kappa shape index (κ3) is 4.40. The number of para-hydroxylation sites is 1. The van der Waals surface area contributed by atoms with Crippen molar-refractivity contribution < 1.29 is 9.59 Å². The van der Waals surface area contributed by atoms with E-state index in [9.17, 15) is 14.9 Å². The van der Waals surface area contributed by atoms with Gasteiger partial charge in [0.05, 0.1) is 11.9 Å². The van der Waals surface area contributed by atoms with Crippen molar-refractivity contribution in [2.75, 3.05) is 5.32 Å². The monoisotopic (exact) mass is 378 g/mol. The highest BCUT2D eigenvalue weighted by molar-refractivity contribution is 6.30. The Kier molecular flexibility index (Phi) is 5.64. The van der Waals surface area contributed by atoms with Crippen LogP contribution in [0.4, 0.5) is 5.82 Å². The Hall–Kier alpha value is -3.43. The molecule has 1 heterocycles. The first-order valence-electron chi connectivity index (χ1n) is 8.20. The first-order valence-corrected chi connectivity index (χ1v) is 8.58. The van der Waals surface area contributed by atoms with Gasteiger partial charge < -0.3 is 5.32 Å². The van der Waals surface area contributed by atoms with Crippen molar-refractivity contribution >= 4 is 29.1 Å². The Morgan fingerprint density at radius 2 is 1.78 bits per heavy atom. The number of amides is 1. The second-order valence-corrected chi connectivity index (χ2v) is 6.18. The zero-order valence-electron chi connectivity index (χ0n) is 14.2. The molecule has 1 N–H and O–H groups in total. The highest BCUT2D eigenvalue weighted by Crippen LogP contribution is 2.20. The minimum atomic E-state index is -0.369. The van der Waals surface area contributed by atoms with Crippen molar-refractivity contribution in [3.05, 3.63) is 76.9 Å². The molecule has 0 aliphatic carbocycles. The summed E-state index contributed by atoms with van der Waals surface area (Å²) in [5.74, 6) is -0.238. The third-order valence-electron chi connectivity index (χ3n) is 3.89. The molecule has 0 saturated heterocycles. The zero-order chi connectivity index (χ0) is 19.2.